The molecular weight excluding hydrogens is 418 g/mol. The topological polar surface area (TPSA) is 114 Å². The van der Waals surface area contributed by atoms with Crippen LogP contribution in [0.2, 0.25) is 0 Å². The van der Waals surface area contributed by atoms with Crippen molar-refractivity contribution in [2.24, 2.45) is 0 Å². The molecule has 2 aromatic heterocycles. The molecule has 2 aromatic carbocycles. The lowest BCUT2D eigenvalue weighted by atomic mass is 10.1. The van der Waals surface area contributed by atoms with Crippen molar-refractivity contribution in [2.45, 2.75) is 18.7 Å². The molecule has 2 heterocycles. The standard InChI is InChI=1S/C22H19N3O5S/c1-14-12-17(7-10-20(14)25-11-3-4-21(25)22(26)27)24-31(28,29)18-8-5-16(6-9-18)19-13-30-15(2)23-19/h3-13,24H,1-2H3,(H,26,27). The van der Waals surface area contributed by atoms with Gasteiger partial charge in [0.15, 0.2) is 5.89 Å². The molecule has 0 fully saturated rings. The molecule has 0 aliphatic carbocycles. The van der Waals surface area contributed by atoms with Gasteiger partial charge in [-0.15, -0.1) is 0 Å². The summed E-state index contributed by atoms with van der Waals surface area (Å²) in [5.74, 6) is -0.513. The monoisotopic (exact) mass is 437 g/mol. The number of nitrogens with zero attached hydrogens (tertiary/aromatic N) is 2. The van der Waals surface area contributed by atoms with Gasteiger partial charge in [-0.2, -0.15) is 0 Å². The number of carboxylic acids is 1. The van der Waals surface area contributed by atoms with E-state index >= 15 is 0 Å². The number of aromatic nitrogens is 2. The van der Waals surface area contributed by atoms with E-state index in [1.807, 2.05) is 0 Å². The van der Waals surface area contributed by atoms with Gasteiger partial charge >= 0.3 is 5.97 Å². The lowest BCUT2D eigenvalue weighted by molar-refractivity contribution is 0.0688. The summed E-state index contributed by atoms with van der Waals surface area (Å²) in [7, 11) is -3.81. The predicted octanol–water partition coefficient (Wildman–Crippen LogP) is 4.25. The number of nitrogens with one attached hydrogen (secondary N) is 1. The van der Waals surface area contributed by atoms with Crippen LogP contribution in [0, 0.1) is 13.8 Å². The maximum absolute atomic E-state index is 12.8. The van der Waals surface area contributed by atoms with Crippen LogP contribution in [-0.4, -0.2) is 29.0 Å². The lowest BCUT2D eigenvalue weighted by Gasteiger charge is -2.13. The van der Waals surface area contributed by atoms with Crippen LogP contribution in [-0.2, 0) is 10.0 Å². The van der Waals surface area contributed by atoms with Crippen molar-refractivity contribution in [3.05, 3.63) is 84.2 Å². The molecule has 0 spiro atoms. The predicted molar refractivity (Wildman–Crippen MR) is 115 cm³/mol. The molecule has 0 radical (unpaired) electrons. The summed E-state index contributed by atoms with van der Waals surface area (Å²) in [6.45, 7) is 3.52. The normalized spacial score (nSPS) is 11.4. The molecule has 4 aromatic rings. The Morgan fingerprint density at radius 3 is 2.45 bits per heavy atom. The van der Waals surface area contributed by atoms with Crippen molar-refractivity contribution in [2.75, 3.05) is 4.72 Å². The smallest absolute Gasteiger partial charge is 0.352 e. The second-order valence-electron chi connectivity index (χ2n) is 6.95. The van der Waals surface area contributed by atoms with E-state index in [0.717, 1.165) is 11.1 Å². The number of hydrogen-bond donors (Lipinski definition) is 2. The number of anilines is 1. The van der Waals surface area contributed by atoms with Crippen LogP contribution < -0.4 is 4.72 Å². The Morgan fingerprint density at radius 2 is 1.84 bits per heavy atom. The fraction of sp³-hybridized carbons (Fsp3) is 0.0909. The van der Waals surface area contributed by atoms with Gasteiger partial charge < -0.3 is 14.1 Å². The van der Waals surface area contributed by atoms with Crippen LogP contribution in [0.25, 0.3) is 16.9 Å². The summed E-state index contributed by atoms with van der Waals surface area (Å²) < 4.78 is 34.9. The van der Waals surface area contributed by atoms with Crippen LogP contribution >= 0.6 is 0 Å². The van der Waals surface area contributed by atoms with Gasteiger partial charge in [-0.25, -0.2) is 18.2 Å². The van der Waals surface area contributed by atoms with Gasteiger partial charge in [-0.1, -0.05) is 12.1 Å². The summed E-state index contributed by atoms with van der Waals surface area (Å²) in [6.07, 6.45) is 3.16. The van der Waals surface area contributed by atoms with Crippen LogP contribution in [0.5, 0.6) is 0 Å². The first-order valence-corrected chi connectivity index (χ1v) is 10.8. The Hall–Kier alpha value is -3.85. The van der Waals surface area contributed by atoms with Gasteiger partial charge in [0.25, 0.3) is 10.0 Å². The fourth-order valence-corrected chi connectivity index (χ4v) is 4.32. The Bertz CT molecular complexity index is 1370. The second-order valence-corrected chi connectivity index (χ2v) is 8.63. The van der Waals surface area contributed by atoms with Crippen molar-refractivity contribution < 1.29 is 22.7 Å². The number of carbonyl (C=O) groups is 1. The van der Waals surface area contributed by atoms with Crippen LogP contribution in [0.3, 0.4) is 0 Å². The van der Waals surface area contributed by atoms with Crippen LogP contribution in [0.4, 0.5) is 5.69 Å². The number of hydrogen-bond acceptors (Lipinski definition) is 5. The largest absolute Gasteiger partial charge is 0.477 e. The van der Waals surface area contributed by atoms with Gasteiger partial charge in [-0.3, -0.25) is 4.72 Å². The van der Waals surface area contributed by atoms with Gasteiger partial charge in [0.05, 0.1) is 4.90 Å². The van der Waals surface area contributed by atoms with Crippen molar-refractivity contribution in [1.82, 2.24) is 9.55 Å². The van der Waals surface area contributed by atoms with Gasteiger partial charge in [0, 0.05) is 30.1 Å². The Labute approximate surface area is 178 Å². The van der Waals surface area contributed by atoms with Crippen molar-refractivity contribution >= 4 is 21.7 Å². The van der Waals surface area contributed by atoms with E-state index in [9.17, 15) is 18.3 Å². The minimum Gasteiger partial charge on any atom is -0.477 e. The summed E-state index contributed by atoms with van der Waals surface area (Å²) >= 11 is 0. The second kappa shape index (κ2) is 7.77. The molecule has 0 aliphatic rings. The first kappa shape index (κ1) is 20.4. The summed E-state index contributed by atoms with van der Waals surface area (Å²) in [5, 5.41) is 9.31. The van der Waals surface area contributed by atoms with E-state index in [2.05, 4.69) is 9.71 Å². The van der Waals surface area contributed by atoms with Gasteiger partial charge in [0.2, 0.25) is 0 Å². The average Bonchev–Trinajstić information content (AvgIpc) is 3.37. The van der Waals surface area contributed by atoms with E-state index in [4.69, 9.17) is 4.42 Å². The third kappa shape index (κ3) is 4.08. The molecular formula is C22H19N3O5S. The van der Waals surface area contributed by atoms with E-state index in [1.54, 1.807) is 61.0 Å². The highest BCUT2D eigenvalue weighted by Crippen LogP contribution is 2.25. The van der Waals surface area contributed by atoms with Crippen molar-refractivity contribution in [3.63, 3.8) is 0 Å². The SMILES string of the molecule is Cc1nc(-c2ccc(S(=O)(=O)Nc3ccc(-n4cccc4C(=O)O)c(C)c3)cc2)co1. The molecule has 0 saturated carbocycles. The highest BCUT2D eigenvalue weighted by Gasteiger charge is 2.17. The fourth-order valence-electron chi connectivity index (χ4n) is 3.27. The van der Waals surface area contributed by atoms with Gasteiger partial charge in [-0.05, 0) is 55.0 Å². The Morgan fingerprint density at radius 1 is 1.10 bits per heavy atom. The zero-order valence-corrected chi connectivity index (χ0v) is 17.6. The molecule has 0 unspecified atom stereocenters. The summed E-state index contributed by atoms with van der Waals surface area (Å²) in [4.78, 5) is 15.7. The maximum atomic E-state index is 12.8. The highest BCUT2D eigenvalue weighted by atomic mass is 32.2. The number of rotatable bonds is 6. The highest BCUT2D eigenvalue weighted by molar-refractivity contribution is 7.92. The summed E-state index contributed by atoms with van der Waals surface area (Å²) in [6, 6.07) is 14.4. The third-order valence-corrected chi connectivity index (χ3v) is 6.15. The molecule has 158 valence electrons. The van der Waals surface area contributed by atoms with E-state index in [0.29, 0.717) is 23.0 Å². The zero-order valence-electron chi connectivity index (χ0n) is 16.7. The number of aromatic carboxylic acids is 1. The first-order chi connectivity index (χ1) is 14.7. The molecule has 0 bridgehead atoms. The molecule has 31 heavy (non-hydrogen) atoms. The minimum atomic E-state index is -3.81. The molecule has 0 amide bonds. The molecule has 9 heteroatoms. The Kier molecular flexibility index (Phi) is 5.12. The number of oxazole rings is 1. The molecule has 4 rings (SSSR count). The summed E-state index contributed by atoms with van der Waals surface area (Å²) in [5.41, 5.74) is 3.25. The number of carboxylic acid groups (broad SMARTS) is 1. The quantitative estimate of drug-likeness (QED) is 0.466. The molecule has 0 saturated heterocycles. The molecule has 0 atom stereocenters. The van der Waals surface area contributed by atoms with Crippen LogP contribution in [0.15, 0.2) is 76.4 Å². The van der Waals surface area contributed by atoms with E-state index < -0.39 is 16.0 Å². The van der Waals surface area contributed by atoms with E-state index in [-0.39, 0.29) is 10.6 Å². The lowest BCUT2D eigenvalue weighted by Crippen LogP contribution is -2.13. The van der Waals surface area contributed by atoms with E-state index in [1.165, 1.54) is 24.5 Å². The van der Waals surface area contributed by atoms with Crippen molar-refractivity contribution in [1.29, 1.82) is 0 Å². The van der Waals surface area contributed by atoms with Crippen molar-refractivity contribution in [3.8, 4) is 16.9 Å². The number of sulfonamides is 1. The zero-order chi connectivity index (χ0) is 22.2. The third-order valence-electron chi connectivity index (χ3n) is 4.76. The molecule has 0 aliphatic heterocycles. The average molecular weight is 437 g/mol. The number of benzene rings is 2. The minimum absolute atomic E-state index is 0.108. The molecule has 2 N–H and O–H groups in total. The first-order valence-electron chi connectivity index (χ1n) is 9.32. The maximum Gasteiger partial charge on any atom is 0.352 e. The Balaban J connectivity index is 1.57. The van der Waals surface area contributed by atoms with Crippen LogP contribution in [0.1, 0.15) is 21.9 Å². The van der Waals surface area contributed by atoms with Gasteiger partial charge in [0.1, 0.15) is 17.7 Å². The number of aryl methyl sites for hydroxylation is 2. The molecule has 8 nitrogen and oxygen atoms in total.